The second kappa shape index (κ2) is 8.30. The Labute approximate surface area is 195 Å². The molecule has 0 atom stereocenters. The minimum atomic E-state index is 0.0900. The zero-order chi connectivity index (χ0) is 22.2. The Morgan fingerprint density at radius 2 is 1.58 bits per heavy atom. The van der Waals surface area contributed by atoms with Crippen LogP contribution in [0.15, 0.2) is 84.2 Å². The maximum Gasteiger partial charge on any atom is 0.253 e. The van der Waals surface area contributed by atoms with Crippen LogP contribution in [0.4, 0.5) is 5.82 Å². The molecule has 2 aromatic heterocycles. The molecule has 0 spiro atoms. The molecule has 3 aromatic carbocycles. The monoisotopic (exact) mass is 450 g/mol. The van der Waals surface area contributed by atoms with E-state index >= 15 is 0 Å². The quantitative estimate of drug-likeness (QED) is 0.366. The molecule has 0 N–H and O–H groups in total. The molecule has 6 rings (SSSR count). The highest BCUT2D eigenvalue weighted by molar-refractivity contribution is 7.13. The van der Waals surface area contributed by atoms with Crippen molar-refractivity contribution in [3.8, 4) is 10.7 Å². The number of aromatic nitrogens is 2. The third kappa shape index (κ3) is 3.72. The first-order chi connectivity index (χ1) is 16.3. The van der Waals surface area contributed by atoms with Crippen LogP contribution in [-0.2, 0) is 0 Å². The van der Waals surface area contributed by atoms with Crippen molar-refractivity contribution in [1.82, 2.24) is 14.9 Å². The first-order valence-corrected chi connectivity index (χ1v) is 12.0. The smallest absolute Gasteiger partial charge is 0.253 e. The minimum Gasteiger partial charge on any atom is -0.352 e. The molecule has 1 amide bonds. The normalized spacial score (nSPS) is 14.2. The molecule has 6 heteroatoms. The number of anilines is 1. The summed E-state index contributed by atoms with van der Waals surface area (Å²) in [6.45, 7) is 2.81. The molecule has 1 fully saturated rings. The lowest BCUT2D eigenvalue weighted by Gasteiger charge is -2.36. The van der Waals surface area contributed by atoms with Crippen molar-refractivity contribution >= 4 is 44.7 Å². The molecule has 162 valence electrons. The first-order valence-electron chi connectivity index (χ1n) is 11.1. The van der Waals surface area contributed by atoms with Gasteiger partial charge in [-0.25, -0.2) is 9.97 Å². The van der Waals surface area contributed by atoms with Crippen molar-refractivity contribution in [1.29, 1.82) is 0 Å². The number of thiophene rings is 1. The summed E-state index contributed by atoms with van der Waals surface area (Å²) in [7, 11) is 0. The summed E-state index contributed by atoms with van der Waals surface area (Å²) in [5, 5.41) is 5.34. The molecule has 1 aliphatic rings. The van der Waals surface area contributed by atoms with Crippen molar-refractivity contribution in [3.63, 3.8) is 0 Å². The maximum absolute atomic E-state index is 13.2. The summed E-state index contributed by atoms with van der Waals surface area (Å²) >= 11 is 1.65. The Balaban J connectivity index is 1.26. The van der Waals surface area contributed by atoms with E-state index in [0.29, 0.717) is 13.1 Å². The van der Waals surface area contributed by atoms with Gasteiger partial charge in [-0.15, -0.1) is 11.3 Å². The van der Waals surface area contributed by atoms with Gasteiger partial charge in [-0.3, -0.25) is 4.79 Å². The molecular formula is C27H22N4OS. The number of amides is 1. The predicted molar refractivity (Wildman–Crippen MR) is 135 cm³/mol. The first kappa shape index (κ1) is 19.9. The largest absolute Gasteiger partial charge is 0.352 e. The SMILES string of the molecule is O=C(c1ccc2ccccc2c1)N1CCN(c2nc(-c3cccs3)nc3ccccc23)CC1. The summed E-state index contributed by atoms with van der Waals surface area (Å²) < 4.78 is 0. The fourth-order valence-corrected chi connectivity index (χ4v) is 5.10. The Bertz CT molecular complexity index is 1460. The lowest BCUT2D eigenvalue weighted by Crippen LogP contribution is -2.49. The second-order valence-corrected chi connectivity index (χ2v) is 9.15. The molecule has 0 saturated carbocycles. The fraction of sp³-hybridized carbons (Fsp3) is 0.148. The van der Waals surface area contributed by atoms with Crippen LogP contribution in [0.5, 0.6) is 0 Å². The van der Waals surface area contributed by atoms with Crippen LogP contribution in [-0.4, -0.2) is 47.0 Å². The number of fused-ring (bicyclic) bond motifs is 2. The average Bonchev–Trinajstić information content (AvgIpc) is 3.43. The second-order valence-electron chi connectivity index (χ2n) is 8.21. The Morgan fingerprint density at radius 1 is 0.788 bits per heavy atom. The Morgan fingerprint density at radius 3 is 2.39 bits per heavy atom. The Kier molecular flexibility index (Phi) is 5.00. The molecule has 5 aromatic rings. The molecule has 0 aliphatic carbocycles. The van der Waals surface area contributed by atoms with Gasteiger partial charge in [0, 0.05) is 37.1 Å². The zero-order valence-corrected chi connectivity index (χ0v) is 18.8. The third-order valence-corrected chi connectivity index (χ3v) is 7.05. The standard InChI is InChI=1S/C27H22N4OS/c32-27(21-12-11-19-6-1-2-7-20(19)18-21)31-15-13-30(14-16-31)26-22-8-3-4-9-23(22)28-25(29-26)24-10-5-17-33-24/h1-12,17-18H,13-16H2. The van der Waals surface area contributed by atoms with Crippen molar-refractivity contribution in [3.05, 3.63) is 89.8 Å². The van der Waals surface area contributed by atoms with Crippen LogP contribution in [0.1, 0.15) is 10.4 Å². The van der Waals surface area contributed by atoms with E-state index < -0.39 is 0 Å². The van der Waals surface area contributed by atoms with E-state index in [1.54, 1.807) is 11.3 Å². The van der Waals surface area contributed by atoms with Gasteiger partial charge in [0.25, 0.3) is 5.91 Å². The van der Waals surface area contributed by atoms with Gasteiger partial charge in [-0.05, 0) is 46.5 Å². The molecule has 0 radical (unpaired) electrons. The van der Waals surface area contributed by atoms with Crippen LogP contribution in [0.3, 0.4) is 0 Å². The summed E-state index contributed by atoms with van der Waals surface area (Å²) in [5.74, 6) is 1.79. The van der Waals surface area contributed by atoms with Crippen molar-refractivity contribution in [2.24, 2.45) is 0 Å². The van der Waals surface area contributed by atoms with Gasteiger partial charge in [0.2, 0.25) is 0 Å². The minimum absolute atomic E-state index is 0.0900. The molecule has 1 saturated heterocycles. The number of hydrogen-bond donors (Lipinski definition) is 0. The van der Waals surface area contributed by atoms with Crippen LogP contribution in [0, 0.1) is 0 Å². The topological polar surface area (TPSA) is 49.3 Å². The Hall–Kier alpha value is -3.77. The predicted octanol–water partition coefficient (Wildman–Crippen LogP) is 5.47. The summed E-state index contributed by atoms with van der Waals surface area (Å²) in [6.07, 6.45) is 0. The van der Waals surface area contributed by atoms with E-state index in [1.807, 2.05) is 64.9 Å². The fourth-order valence-electron chi connectivity index (χ4n) is 4.44. The van der Waals surface area contributed by atoms with Crippen molar-refractivity contribution in [2.75, 3.05) is 31.1 Å². The van der Waals surface area contributed by atoms with E-state index in [9.17, 15) is 4.79 Å². The molecule has 0 bridgehead atoms. The van der Waals surface area contributed by atoms with Gasteiger partial charge in [0.15, 0.2) is 5.82 Å². The molecule has 0 unspecified atom stereocenters. The van der Waals surface area contributed by atoms with E-state index in [0.717, 1.165) is 56.8 Å². The van der Waals surface area contributed by atoms with Gasteiger partial charge < -0.3 is 9.80 Å². The molecule has 3 heterocycles. The zero-order valence-electron chi connectivity index (χ0n) is 18.0. The summed E-state index contributed by atoms with van der Waals surface area (Å²) in [5.41, 5.74) is 1.69. The third-order valence-electron chi connectivity index (χ3n) is 6.19. The van der Waals surface area contributed by atoms with Gasteiger partial charge in [-0.2, -0.15) is 0 Å². The number of hydrogen-bond acceptors (Lipinski definition) is 5. The number of rotatable bonds is 3. The van der Waals surface area contributed by atoms with E-state index in [1.165, 1.54) is 0 Å². The van der Waals surface area contributed by atoms with Crippen LogP contribution < -0.4 is 4.90 Å². The lowest BCUT2D eigenvalue weighted by atomic mass is 10.1. The number of benzene rings is 3. The average molecular weight is 451 g/mol. The molecule has 1 aliphatic heterocycles. The maximum atomic E-state index is 13.2. The number of para-hydroxylation sites is 1. The van der Waals surface area contributed by atoms with Gasteiger partial charge in [0.05, 0.1) is 10.4 Å². The van der Waals surface area contributed by atoms with E-state index in [4.69, 9.17) is 9.97 Å². The molecule has 33 heavy (non-hydrogen) atoms. The van der Waals surface area contributed by atoms with Gasteiger partial charge >= 0.3 is 0 Å². The highest BCUT2D eigenvalue weighted by Gasteiger charge is 2.25. The highest BCUT2D eigenvalue weighted by atomic mass is 32.1. The molecule has 5 nitrogen and oxygen atoms in total. The van der Waals surface area contributed by atoms with Crippen LogP contribution in [0.2, 0.25) is 0 Å². The van der Waals surface area contributed by atoms with E-state index in [-0.39, 0.29) is 5.91 Å². The summed E-state index contributed by atoms with van der Waals surface area (Å²) in [4.78, 5) is 28.2. The summed E-state index contributed by atoms with van der Waals surface area (Å²) in [6, 6.07) is 26.3. The number of carbonyl (C=O) groups excluding carboxylic acids is 1. The number of nitrogens with zero attached hydrogens (tertiary/aromatic N) is 4. The van der Waals surface area contributed by atoms with E-state index in [2.05, 4.69) is 29.2 Å². The van der Waals surface area contributed by atoms with Crippen LogP contribution >= 0.6 is 11.3 Å². The molecular weight excluding hydrogens is 428 g/mol. The van der Waals surface area contributed by atoms with Crippen LogP contribution in [0.25, 0.3) is 32.4 Å². The lowest BCUT2D eigenvalue weighted by molar-refractivity contribution is 0.0747. The number of piperazine rings is 1. The highest BCUT2D eigenvalue weighted by Crippen LogP contribution is 2.30. The van der Waals surface area contributed by atoms with Gasteiger partial charge in [0.1, 0.15) is 5.82 Å². The number of carbonyl (C=O) groups is 1. The van der Waals surface area contributed by atoms with Gasteiger partial charge in [-0.1, -0.05) is 48.5 Å². The van der Waals surface area contributed by atoms with Crippen molar-refractivity contribution in [2.45, 2.75) is 0 Å². The van der Waals surface area contributed by atoms with Crippen molar-refractivity contribution < 1.29 is 4.79 Å².